The van der Waals surface area contributed by atoms with E-state index in [1.54, 1.807) is 0 Å². The Hall–Kier alpha value is -2.25. The zero-order valence-corrected chi connectivity index (χ0v) is 32.4. The van der Waals surface area contributed by atoms with Crippen molar-refractivity contribution in [3.8, 4) is 0 Å². The summed E-state index contributed by atoms with van der Waals surface area (Å²) in [5.74, 6) is -0.944. The number of phosphoric ester groups is 1. The molecule has 0 spiro atoms. The van der Waals surface area contributed by atoms with Gasteiger partial charge < -0.3 is 19.3 Å². The van der Waals surface area contributed by atoms with Gasteiger partial charge in [-0.15, -0.1) is 0 Å². The topological polar surface area (TPSA) is 119 Å². The lowest BCUT2D eigenvalue weighted by molar-refractivity contribution is -0.161. The Morgan fingerprint density at radius 1 is 0.520 bits per heavy atom. The minimum Gasteiger partial charge on any atom is -0.462 e. The van der Waals surface area contributed by atoms with Crippen molar-refractivity contribution in [1.82, 2.24) is 0 Å². The van der Waals surface area contributed by atoms with Gasteiger partial charge in [-0.25, -0.2) is 4.57 Å². The first kappa shape index (κ1) is 47.8. The average molecular weight is 723 g/mol. The van der Waals surface area contributed by atoms with Gasteiger partial charge in [0.15, 0.2) is 6.10 Å². The zero-order valence-electron chi connectivity index (χ0n) is 31.5. The van der Waals surface area contributed by atoms with Crippen molar-refractivity contribution < 1.29 is 37.9 Å². The second-order valence-corrected chi connectivity index (χ2v) is 14.1. The van der Waals surface area contributed by atoms with Gasteiger partial charge in [0.2, 0.25) is 0 Å². The molecule has 0 aromatic heterocycles. The molecule has 0 radical (unpaired) electrons. The molecule has 288 valence electrons. The second kappa shape index (κ2) is 36.5. The van der Waals surface area contributed by atoms with Gasteiger partial charge in [-0.1, -0.05) is 132 Å². The van der Waals surface area contributed by atoms with Crippen LogP contribution in [0.3, 0.4) is 0 Å². The van der Waals surface area contributed by atoms with Crippen molar-refractivity contribution in [3.63, 3.8) is 0 Å². The van der Waals surface area contributed by atoms with Crippen molar-refractivity contribution >= 4 is 19.8 Å². The summed E-state index contributed by atoms with van der Waals surface area (Å²) in [5, 5.41) is 0. The molecule has 0 bridgehead atoms. The van der Waals surface area contributed by atoms with Crippen LogP contribution >= 0.6 is 7.82 Å². The third kappa shape index (κ3) is 38.6. The van der Waals surface area contributed by atoms with E-state index >= 15 is 0 Å². The van der Waals surface area contributed by atoms with Gasteiger partial charge in [-0.2, -0.15) is 0 Å². The first-order valence-corrected chi connectivity index (χ1v) is 21.1. The van der Waals surface area contributed by atoms with Gasteiger partial charge >= 0.3 is 19.8 Å². The van der Waals surface area contributed by atoms with E-state index in [9.17, 15) is 14.2 Å². The second-order valence-electron chi connectivity index (χ2n) is 12.9. The van der Waals surface area contributed by atoms with Crippen LogP contribution in [-0.4, -0.2) is 41.0 Å². The number of ether oxygens (including phenoxy) is 2. The summed E-state index contributed by atoms with van der Waals surface area (Å²) in [4.78, 5) is 42.7. The van der Waals surface area contributed by atoms with E-state index in [0.717, 1.165) is 64.2 Å². The summed E-state index contributed by atoms with van der Waals surface area (Å²) in [6.45, 7) is 3.59. The van der Waals surface area contributed by atoms with Crippen molar-refractivity contribution in [3.05, 3.63) is 60.8 Å². The molecule has 2 N–H and O–H groups in total. The first-order chi connectivity index (χ1) is 24.3. The van der Waals surface area contributed by atoms with E-state index in [2.05, 4.69) is 79.1 Å². The fourth-order valence-electron chi connectivity index (χ4n) is 5.06. The third-order valence-corrected chi connectivity index (χ3v) is 8.49. The lowest BCUT2D eigenvalue weighted by Crippen LogP contribution is -2.29. The van der Waals surface area contributed by atoms with Gasteiger partial charge in [0.05, 0.1) is 6.61 Å². The molecule has 0 aromatic carbocycles. The Morgan fingerprint density at radius 3 is 1.40 bits per heavy atom. The van der Waals surface area contributed by atoms with Crippen LogP contribution in [0.15, 0.2) is 60.8 Å². The number of rotatable bonds is 35. The quantitative estimate of drug-likeness (QED) is 0.0287. The molecule has 0 saturated heterocycles. The number of esters is 2. The Kier molecular flexibility index (Phi) is 34.9. The molecule has 0 saturated carbocycles. The molecule has 0 rings (SSSR count). The number of carbonyl (C=O) groups is 2. The summed E-state index contributed by atoms with van der Waals surface area (Å²) < 4.78 is 26.3. The Bertz CT molecular complexity index is 995. The molecule has 0 heterocycles. The maximum atomic E-state index is 12.4. The first-order valence-electron chi connectivity index (χ1n) is 19.6. The number of allylic oxidation sites excluding steroid dienone is 10. The molecule has 50 heavy (non-hydrogen) atoms. The monoisotopic (exact) mass is 722 g/mol. The SMILES string of the molecule is CCCCC/C=C/C/C=C/C/C=C/C/C=C/CCCCCC(=O)O[C@H](COC(=O)CCCCC/C=C/CCCCCCCC)COP(=O)(O)O. The van der Waals surface area contributed by atoms with Gasteiger partial charge in [-0.3, -0.25) is 14.1 Å². The van der Waals surface area contributed by atoms with Crippen LogP contribution < -0.4 is 0 Å². The molecule has 0 aromatic rings. The average Bonchev–Trinajstić information content (AvgIpc) is 3.08. The highest BCUT2D eigenvalue weighted by molar-refractivity contribution is 7.46. The highest BCUT2D eigenvalue weighted by atomic mass is 31.2. The number of hydrogen-bond acceptors (Lipinski definition) is 6. The van der Waals surface area contributed by atoms with E-state index in [0.29, 0.717) is 12.8 Å². The third-order valence-electron chi connectivity index (χ3n) is 8.01. The van der Waals surface area contributed by atoms with Crippen LogP contribution in [0.25, 0.3) is 0 Å². The predicted octanol–water partition coefficient (Wildman–Crippen LogP) is 11.7. The number of hydrogen-bond donors (Lipinski definition) is 2. The molecule has 0 aliphatic rings. The van der Waals surface area contributed by atoms with E-state index < -0.39 is 32.5 Å². The fourth-order valence-corrected chi connectivity index (χ4v) is 5.42. The van der Waals surface area contributed by atoms with Gasteiger partial charge in [0.1, 0.15) is 6.61 Å². The summed E-state index contributed by atoms with van der Waals surface area (Å²) in [7, 11) is -4.77. The molecule has 1 atom stereocenters. The van der Waals surface area contributed by atoms with Crippen molar-refractivity contribution in [2.75, 3.05) is 13.2 Å². The standard InChI is InChI=1S/C41H71O8P/c1-3-5-7-9-11-13-15-17-18-19-20-21-22-24-26-28-30-32-34-36-41(43)49-39(38-48-50(44,45)46)37-47-40(42)35-33-31-29-27-25-23-16-14-12-10-8-6-4-2/h11,13,17-18,20-21,23-26,39H,3-10,12,14-16,19,22,27-38H2,1-2H3,(H2,44,45,46)/b13-11+,18-17+,21-20+,25-23+,26-24+/t39-/m1/s1. The molecular formula is C41H71O8P. The van der Waals surface area contributed by atoms with Crippen molar-refractivity contribution in [2.24, 2.45) is 0 Å². The predicted molar refractivity (Wildman–Crippen MR) is 207 cm³/mol. The molecule has 0 aliphatic carbocycles. The Labute approximate surface area is 305 Å². The molecule has 0 fully saturated rings. The number of unbranched alkanes of at least 4 members (excludes halogenated alkanes) is 15. The van der Waals surface area contributed by atoms with Gasteiger partial charge in [-0.05, 0) is 83.5 Å². The minimum absolute atomic E-state index is 0.169. The van der Waals surface area contributed by atoms with Crippen molar-refractivity contribution in [1.29, 1.82) is 0 Å². The van der Waals surface area contributed by atoms with E-state index in [1.807, 2.05) is 0 Å². The molecule has 0 unspecified atom stereocenters. The maximum absolute atomic E-state index is 12.4. The highest BCUT2D eigenvalue weighted by Gasteiger charge is 2.22. The Balaban J connectivity index is 4.06. The summed E-state index contributed by atoms with van der Waals surface area (Å²) in [5.41, 5.74) is 0. The number of phosphoric acid groups is 1. The minimum atomic E-state index is -4.77. The lowest BCUT2D eigenvalue weighted by atomic mass is 10.1. The smallest absolute Gasteiger partial charge is 0.462 e. The van der Waals surface area contributed by atoms with E-state index in [4.69, 9.17) is 19.3 Å². The highest BCUT2D eigenvalue weighted by Crippen LogP contribution is 2.36. The largest absolute Gasteiger partial charge is 0.469 e. The fraction of sp³-hybridized carbons (Fsp3) is 0.707. The molecule has 0 amide bonds. The summed E-state index contributed by atoms with van der Waals surface area (Å²) in [6.07, 6.45) is 45.1. The molecule has 9 heteroatoms. The maximum Gasteiger partial charge on any atom is 0.469 e. The van der Waals surface area contributed by atoms with Crippen LogP contribution in [0.1, 0.15) is 168 Å². The Morgan fingerprint density at radius 2 is 0.900 bits per heavy atom. The molecule has 8 nitrogen and oxygen atoms in total. The summed E-state index contributed by atoms with van der Waals surface area (Å²) in [6, 6.07) is 0. The van der Waals surface area contributed by atoms with Gasteiger partial charge in [0.25, 0.3) is 0 Å². The van der Waals surface area contributed by atoms with Crippen LogP contribution in [0, 0.1) is 0 Å². The van der Waals surface area contributed by atoms with E-state index in [-0.39, 0.29) is 19.4 Å². The number of carbonyl (C=O) groups excluding carboxylic acids is 2. The molecular weight excluding hydrogens is 651 g/mol. The van der Waals surface area contributed by atoms with Crippen LogP contribution in [0.5, 0.6) is 0 Å². The van der Waals surface area contributed by atoms with E-state index in [1.165, 1.54) is 64.2 Å². The molecule has 0 aliphatic heterocycles. The lowest BCUT2D eigenvalue weighted by Gasteiger charge is -2.18. The van der Waals surface area contributed by atoms with Crippen LogP contribution in [0.2, 0.25) is 0 Å². The van der Waals surface area contributed by atoms with Gasteiger partial charge in [0, 0.05) is 12.8 Å². The summed E-state index contributed by atoms with van der Waals surface area (Å²) >= 11 is 0. The van der Waals surface area contributed by atoms with Crippen molar-refractivity contribution in [2.45, 2.75) is 174 Å². The normalized spacial score (nSPS) is 13.1. The van der Waals surface area contributed by atoms with Crippen LogP contribution in [-0.2, 0) is 28.2 Å². The zero-order chi connectivity index (χ0) is 36.8. The van der Waals surface area contributed by atoms with Crippen LogP contribution in [0.4, 0.5) is 0 Å².